The highest BCUT2D eigenvalue weighted by Gasteiger charge is 2.43. The molecule has 0 bridgehead atoms. The highest BCUT2D eigenvalue weighted by Crippen LogP contribution is 2.38. The van der Waals surface area contributed by atoms with Gasteiger partial charge in [-0.2, -0.15) is 0 Å². The van der Waals surface area contributed by atoms with Crippen LogP contribution in [0.3, 0.4) is 0 Å². The number of ether oxygens (including phenoxy) is 1. The van der Waals surface area contributed by atoms with E-state index in [0.29, 0.717) is 10.2 Å². The summed E-state index contributed by atoms with van der Waals surface area (Å²) in [6.45, 7) is 2.07. The molecule has 2 N–H and O–H groups in total. The van der Waals surface area contributed by atoms with E-state index in [1.165, 1.54) is 12.8 Å². The first-order chi connectivity index (χ1) is 5.27. The number of epoxide rings is 1. The predicted octanol–water partition coefficient (Wildman–Crippen LogP) is 0.732. The minimum absolute atomic E-state index is 0.488. The molecule has 2 atom stereocenters. The van der Waals surface area contributed by atoms with E-state index in [0.717, 1.165) is 19.0 Å². The van der Waals surface area contributed by atoms with Crippen LogP contribution in [0.5, 0.6) is 0 Å². The molecule has 2 aliphatic rings. The van der Waals surface area contributed by atoms with E-state index < -0.39 is 0 Å². The van der Waals surface area contributed by atoms with Crippen LogP contribution in [0.2, 0.25) is 0 Å². The molecule has 64 valence electrons. The van der Waals surface area contributed by atoms with Crippen LogP contribution >= 0.6 is 22.6 Å². The third-order valence-corrected chi connectivity index (χ3v) is 3.51. The van der Waals surface area contributed by atoms with Gasteiger partial charge in [0.15, 0.2) is 0 Å². The Bertz CT molecular complexity index is 147. The predicted molar refractivity (Wildman–Crippen MR) is 51.2 cm³/mol. The van der Waals surface area contributed by atoms with Gasteiger partial charge in [-0.3, -0.25) is 5.84 Å². The maximum Gasteiger partial charge on any atom is 0.135 e. The van der Waals surface area contributed by atoms with Gasteiger partial charge in [-0.05, 0) is 41.4 Å². The molecule has 3 nitrogen and oxygen atoms in total. The zero-order valence-corrected chi connectivity index (χ0v) is 8.53. The van der Waals surface area contributed by atoms with E-state index >= 15 is 0 Å². The van der Waals surface area contributed by atoms with Crippen molar-refractivity contribution in [3.63, 3.8) is 0 Å². The zero-order valence-electron chi connectivity index (χ0n) is 6.37. The number of nitrogens with two attached hydrogens (primary N) is 1. The van der Waals surface area contributed by atoms with Crippen molar-refractivity contribution in [1.29, 1.82) is 0 Å². The van der Waals surface area contributed by atoms with Gasteiger partial charge in [0.1, 0.15) is 4.11 Å². The van der Waals surface area contributed by atoms with Gasteiger partial charge in [-0.1, -0.05) is 0 Å². The average molecular weight is 268 g/mol. The van der Waals surface area contributed by atoms with Crippen LogP contribution in [0.25, 0.3) is 0 Å². The molecule has 11 heavy (non-hydrogen) atoms. The lowest BCUT2D eigenvalue weighted by Gasteiger charge is -2.27. The average Bonchev–Trinajstić information content (AvgIpc) is 2.69. The smallest absolute Gasteiger partial charge is 0.135 e. The van der Waals surface area contributed by atoms with Crippen molar-refractivity contribution in [2.75, 3.05) is 13.1 Å². The third kappa shape index (κ3) is 1.85. The van der Waals surface area contributed by atoms with Gasteiger partial charge in [0.25, 0.3) is 0 Å². The van der Waals surface area contributed by atoms with Gasteiger partial charge in [0, 0.05) is 13.1 Å². The highest BCUT2D eigenvalue weighted by molar-refractivity contribution is 14.1. The molecular formula is C7H13IN2O. The summed E-state index contributed by atoms with van der Waals surface area (Å²) in [6, 6.07) is 0. The number of hydrogen-bond donors (Lipinski definition) is 1. The van der Waals surface area contributed by atoms with Crippen molar-refractivity contribution in [1.82, 2.24) is 5.01 Å². The second-order valence-electron chi connectivity index (χ2n) is 3.33. The first-order valence-corrected chi connectivity index (χ1v) is 5.31. The Labute approximate surface area is 80.4 Å². The minimum Gasteiger partial charge on any atom is -0.358 e. The number of piperidine rings is 1. The van der Waals surface area contributed by atoms with Crippen LogP contribution < -0.4 is 5.84 Å². The Morgan fingerprint density at radius 1 is 1.36 bits per heavy atom. The minimum atomic E-state index is 0.488. The Kier molecular flexibility index (Phi) is 2.36. The first-order valence-electron chi connectivity index (χ1n) is 4.06. The van der Waals surface area contributed by atoms with Gasteiger partial charge < -0.3 is 4.74 Å². The molecule has 2 heterocycles. The summed E-state index contributed by atoms with van der Waals surface area (Å²) in [5.74, 6) is 6.42. The zero-order chi connectivity index (χ0) is 7.84. The van der Waals surface area contributed by atoms with Crippen LogP contribution in [-0.4, -0.2) is 28.3 Å². The van der Waals surface area contributed by atoms with Crippen LogP contribution in [0.15, 0.2) is 0 Å². The van der Waals surface area contributed by atoms with Crippen molar-refractivity contribution in [2.45, 2.75) is 23.1 Å². The van der Waals surface area contributed by atoms with E-state index in [9.17, 15) is 0 Å². The van der Waals surface area contributed by atoms with Crippen molar-refractivity contribution in [2.24, 2.45) is 11.8 Å². The standard InChI is InChI=1S/C7H13IN2O/c8-7-6(11-7)5-1-3-10(9)4-2-5/h5-7H,1-4,9H2. The Balaban J connectivity index is 1.79. The van der Waals surface area contributed by atoms with E-state index in [2.05, 4.69) is 22.6 Å². The van der Waals surface area contributed by atoms with Crippen molar-refractivity contribution in [3.05, 3.63) is 0 Å². The lowest BCUT2D eigenvalue weighted by molar-refractivity contribution is 0.164. The Morgan fingerprint density at radius 3 is 2.36 bits per heavy atom. The van der Waals surface area contributed by atoms with Gasteiger partial charge in [-0.15, -0.1) is 0 Å². The summed E-state index contributed by atoms with van der Waals surface area (Å²) >= 11 is 2.36. The number of alkyl halides is 1. The fourth-order valence-corrected chi connectivity index (χ4v) is 2.60. The lowest BCUT2D eigenvalue weighted by atomic mass is 9.95. The van der Waals surface area contributed by atoms with Crippen molar-refractivity contribution in [3.8, 4) is 0 Å². The molecule has 0 aromatic carbocycles. The quantitative estimate of drug-likeness (QED) is 0.330. The number of hydrazine groups is 1. The fourth-order valence-electron chi connectivity index (χ4n) is 1.68. The Morgan fingerprint density at radius 2 is 1.91 bits per heavy atom. The van der Waals surface area contributed by atoms with Crippen LogP contribution in [0.1, 0.15) is 12.8 Å². The number of hydrogen-bond acceptors (Lipinski definition) is 3. The largest absolute Gasteiger partial charge is 0.358 e. The van der Waals surface area contributed by atoms with Crippen LogP contribution in [-0.2, 0) is 4.74 Å². The number of nitrogens with zero attached hydrogens (tertiary/aromatic N) is 1. The van der Waals surface area contributed by atoms with Crippen LogP contribution in [0.4, 0.5) is 0 Å². The Hall–Kier alpha value is 0.610. The third-order valence-electron chi connectivity index (χ3n) is 2.51. The molecule has 0 saturated carbocycles. The highest BCUT2D eigenvalue weighted by atomic mass is 127. The normalized spacial score (nSPS) is 40.9. The second kappa shape index (κ2) is 3.16. The summed E-state index contributed by atoms with van der Waals surface area (Å²) in [4.78, 5) is 0. The van der Waals surface area contributed by atoms with E-state index in [1.54, 1.807) is 0 Å². The molecule has 0 radical (unpaired) electrons. The van der Waals surface area contributed by atoms with E-state index in [4.69, 9.17) is 10.6 Å². The summed E-state index contributed by atoms with van der Waals surface area (Å²) < 4.78 is 5.91. The molecule has 0 aromatic rings. The molecule has 0 aromatic heterocycles. The molecule has 2 saturated heterocycles. The molecule has 2 fully saturated rings. The number of halogens is 1. The summed E-state index contributed by atoms with van der Waals surface area (Å²) in [6.07, 6.45) is 2.96. The maximum absolute atomic E-state index is 5.64. The topological polar surface area (TPSA) is 41.8 Å². The molecule has 0 spiro atoms. The second-order valence-corrected chi connectivity index (χ2v) is 4.55. The van der Waals surface area contributed by atoms with E-state index in [-0.39, 0.29) is 0 Å². The maximum atomic E-state index is 5.64. The molecule has 2 aliphatic heterocycles. The van der Waals surface area contributed by atoms with Crippen LogP contribution in [0, 0.1) is 5.92 Å². The SMILES string of the molecule is NN1CCC(C2OC2I)CC1. The summed E-state index contributed by atoms with van der Waals surface area (Å²) in [5.41, 5.74) is 0. The van der Waals surface area contributed by atoms with Gasteiger partial charge in [0.05, 0.1) is 6.10 Å². The van der Waals surface area contributed by atoms with Gasteiger partial charge in [-0.25, -0.2) is 5.01 Å². The van der Waals surface area contributed by atoms with Crippen molar-refractivity contribution < 1.29 is 4.74 Å². The van der Waals surface area contributed by atoms with Gasteiger partial charge >= 0.3 is 0 Å². The molecular weight excluding hydrogens is 255 g/mol. The van der Waals surface area contributed by atoms with Crippen molar-refractivity contribution >= 4 is 22.6 Å². The first kappa shape index (κ1) is 8.22. The fraction of sp³-hybridized carbons (Fsp3) is 1.00. The number of rotatable bonds is 1. The molecule has 0 amide bonds. The molecule has 2 unspecified atom stereocenters. The lowest BCUT2D eigenvalue weighted by Crippen LogP contribution is -2.40. The molecule has 0 aliphatic carbocycles. The molecule has 2 rings (SSSR count). The van der Waals surface area contributed by atoms with E-state index in [1.807, 2.05) is 5.01 Å². The summed E-state index contributed by atoms with van der Waals surface area (Å²) in [7, 11) is 0. The summed E-state index contributed by atoms with van der Waals surface area (Å²) in [5, 5.41) is 1.90. The monoisotopic (exact) mass is 268 g/mol. The van der Waals surface area contributed by atoms with Gasteiger partial charge in [0.2, 0.25) is 0 Å². The molecule has 4 heteroatoms.